The molecule has 0 spiro atoms. The van der Waals surface area contributed by atoms with Crippen molar-refractivity contribution < 1.29 is 14.9 Å². The summed E-state index contributed by atoms with van der Waals surface area (Å²) in [6, 6.07) is 12.2. The number of hydrogen-bond acceptors (Lipinski definition) is 3. The minimum absolute atomic E-state index is 0.0520. The average molecular weight is 346 g/mol. The maximum Gasteiger partial charge on any atom is 0.321 e. The summed E-state index contributed by atoms with van der Waals surface area (Å²) in [6.45, 7) is 2.36. The number of hydrogen-bond donors (Lipinski definition) is 3. The van der Waals surface area contributed by atoms with Gasteiger partial charge in [0.2, 0.25) is 0 Å². The van der Waals surface area contributed by atoms with Crippen LogP contribution >= 0.6 is 11.3 Å². The SMILES string of the molecule is CCCc1ccc([C@H]([NH2+]CC(=O)NC(=O)NC)c2cccs2)cc1. The van der Waals surface area contributed by atoms with E-state index in [0.717, 1.165) is 18.4 Å². The van der Waals surface area contributed by atoms with Crippen molar-refractivity contribution in [1.82, 2.24) is 10.6 Å². The third kappa shape index (κ3) is 5.18. The molecule has 1 aromatic heterocycles. The van der Waals surface area contributed by atoms with E-state index in [-0.39, 0.29) is 18.5 Å². The molecule has 0 aliphatic carbocycles. The minimum atomic E-state index is -0.481. The Hall–Kier alpha value is -2.18. The molecule has 2 aromatic rings. The molecule has 0 radical (unpaired) electrons. The number of aryl methyl sites for hydroxylation is 1. The Kier molecular flexibility index (Phi) is 6.96. The van der Waals surface area contributed by atoms with Crippen LogP contribution in [-0.2, 0) is 11.2 Å². The van der Waals surface area contributed by atoms with Crippen molar-refractivity contribution in [2.75, 3.05) is 13.6 Å². The molecule has 2 rings (SSSR count). The van der Waals surface area contributed by atoms with Crippen molar-refractivity contribution in [3.8, 4) is 0 Å². The Morgan fingerprint density at radius 1 is 1.21 bits per heavy atom. The molecule has 24 heavy (non-hydrogen) atoms. The van der Waals surface area contributed by atoms with Gasteiger partial charge in [0.25, 0.3) is 5.91 Å². The highest BCUT2D eigenvalue weighted by molar-refractivity contribution is 7.10. The highest BCUT2D eigenvalue weighted by atomic mass is 32.1. The molecule has 0 saturated heterocycles. The van der Waals surface area contributed by atoms with Gasteiger partial charge in [-0.3, -0.25) is 10.1 Å². The normalized spacial score (nSPS) is 11.8. The summed E-state index contributed by atoms with van der Waals surface area (Å²) in [5.41, 5.74) is 2.48. The van der Waals surface area contributed by atoms with Crippen molar-refractivity contribution >= 4 is 23.3 Å². The van der Waals surface area contributed by atoms with Crippen molar-refractivity contribution in [3.05, 3.63) is 57.8 Å². The number of nitrogens with two attached hydrogens (primary N) is 1. The largest absolute Gasteiger partial charge is 0.341 e. The molecule has 1 heterocycles. The monoisotopic (exact) mass is 346 g/mol. The van der Waals surface area contributed by atoms with Gasteiger partial charge in [0.05, 0.1) is 4.88 Å². The van der Waals surface area contributed by atoms with Gasteiger partial charge in [-0.25, -0.2) is 4.79 Å². The van der Waals surface area contributed by atoms with Crippen LogP contribution in [0.2, 0.25) is 0 Å². The van der Waals surface area contributed by atoms with Gasteiger partial charge < -0.3 is 10.6 Å². The Labute approximate surface area is 146 Å². The van der Waals surface area contributed by atoms with Gasteiger partial charge in [0.1, 0.15) is 6.04 Å². The lowest BCUT2D eigenvalue weighted by Crippen LogP contribution is -2.87. The van der Waals surface area contributed by atoms with Crippen LogP contribution in [0.4, 0.5) is 4.79 Å². The fourth-order valence-corrected chi connectivity index (χ4v) is 3.38. The number of carbonyl (C=O) groups is 2. The highest BCUT2D eigenvalue weighted by Crippen LogP contribution is 2.23. The van der Waals surface area contributed by atoms with Gasteiger partial charge in [-0.2, -0.15) is 0 Å². The van der Waals surface area contributed by atoms with Gasteiger partial charge in [0, 0.05) is 12.6 Å². The highest BCUT2D eigenvalue weighted by Gasteiger charge is 2.20. The van der Waals surface area contributed by atoms with Crippen LogP contribution in [0.3, 0.4) is 0 Å². The maximum atomic E-state index is 11.9. The lowest BCUT2D eigenvalue weighted by atomic mass is 10.0. The number of nitrogens with one attached hydrogen (secondary N) is 2. The van der Waals surface area contributed by atoms with Crippen molar-refractivity contribution in [2.24, 2.45) is 0 Å². The van der Waals surface area contributed by atoms with Crippen LogP contribution in [0.5, 0.6) is 0 Å². The molecule has 4 N–H and O–H groups in total. The minimum Gasteiger partial charge on any atom is -0.341 e. The summed E-state index contributed by atoms with van der Waals surface area (Å²) in [5.74, 6) is -0.307. The van der Waals surface area contributed by atoms with E-state index in [1.807, 2.05) is 16.8 Å². The average Bonchev–Trinajstić information content (AvgIpc) is 3.11. The first-order chi connectivity index (χ1) is 11.6. The number of imide groups is 1. The van der Waals surface area contributed by atoms with E-state index < -0.39 is 6.03 Å². The third-order valence-electron chi connectivity index (χ3n) is 3.75. The molecule has 0 aliphatic heterocycles. The first kappa shape index (κ1) is 18.2. The molecule has 0 aliphatic rings. The fraction of sp³-hybridized carbons (Fsp3) is 0.333. The Bertz CT molecular complexity index is 653. The molecule has 0 fully saturated rings. The standard InChI is InChI=1S/C18H23N3O2S/c1-3-5-13-7-9-14(10-8-13)17(15-6-4-11-24-15)20-12-16(22)21-18(23)19-2/h4,6-11,17,20H,3,5,12H2,1-2H3,(H2,19,21,22,23)/p+1/t17-/m0/s1. The summed E-state index contributed by atoms with van der Waals surface area (Å²) in [6.07, 6.45) is 2.20. The van der Waals surface area contributed by atoms with Crippen molar-refractivity contribution in [3.63, 3.8) is 0 Å². The van der Waals surface area contributed by atoms with Crippen LogP contribution in [-0.4, -0.2) is 25.5 Å². The third-order valence-corrected chi connectivity index (χ3v) is 4.70. The Morgan fingerprint density at radius 3 is 2.54 bits per heavy atom. The van der Waals surface area contributed by atoms with E-state index in [1.54, 1.807) is 11.3 Å². The van der Waals surface area contributed by atoms with E-state index in [9.17, 15) is 9.59 Å². The molecule has 0 bridgehead atoms. The number of quaternary nitrogens is 1. The summed E-state index contributed by atoms with van der Waals surface area (Å²) in [7, 11) is 1.48. The predicted octanol–water partition coefficient (Wildman–Crippen LogP) is 1.81. The summed E-state index contributed by atoms with van der Waals surface area (Å²) in [4.78, 5) is 24.3. The molecule has 128 valence electrons. The lowest BCUT2D eigenvalue weighted by Gasteiger charge is -2.15. The molecular formula is C18H24N3O2S+. The number of rotatable bonds is 7. The molecule has 0 unspecified atom stereocenters. The van der Waals surface area contributed by atoms with Gasteiger partial charge >= 0.3 is 6.03 Å². The number of thiophene rings is 1. The number of urea groups is 1. The topological polar surface area (TPSA) is 74.8 Å². The molecule has 0 saturated carbocycles. The zero-order chi connectivity index (χ0) is 17.4. The van der Waals surface area contributed by atoms with Crippen molar-refractivity contribution in [2.45, 2.75) is 25.8 Å². The van der Waals surface area contributed by atoms with E-state index in [1.165, 1.54) is 17.5 Å². The van der Waals surface area contributed by atoms with Crippen molar-refractivity contribution in [1.29, 1.82) is 0 Å². The van der Waals surface area contributed by atoms with Gasteiger partial charge in [-0.05, 0) is 23.4 Å². The van der Waals surface area contributed by atoms with E-state index in [0.29, 0.717) is 0 Å². The quantitative estimate of drug-likeness (QED) is 0.715. The first-order valence-electron chi connectivity index (χ1n) is 8.11. The molecule has 5 nitrogen and oxygen atoms in total. The van der Waals surface area contributed by atoms with E-state index >= 15 is 0 Å². The molecule has 1 atom stereocenters. The van der Waals surface area contributed by atoms with E-state index in [2.05, 4.69) is 47.9 Å². The molecule has 1 aromatic carbocycles. The zero-order valence-corrected chi connectivity index (χ0v) is 14.9. The Morgan fingerprint density at radius 2 is 1.96 bits per heavy atom. The predicted molar refractivity (Wildman–Crippen MR) is 96.0 cm³/mol. The molecule has 3 amide bonds. The van der Waals surface area contributed by atoms with Crippen LogP contribution < -0.4 is 16.0 Å². The van der Waals surface area contributed by atoms with E-state index in [4.69, 9.17) is 0 Å². The smallest absolute Gasteiger partial charge is 0.321 e. The summed E-state index contributed by atoms with van der Waals surface area (Å²) < 4.78 is 0. The fourth-order valence-electron chi connectivity index (χ4n) is 2.53. The van der Waals surface area contributed by atoms with Gasteiger partial charge in [-0.1, -0.05) is 43.7 Å². The number of amides is 3. The second-order valence-corrected chi connectivity index (χ2v) is 6.53. The maximum absolute atomic E-state index is 11.9. The van der Waals surface area contributed by atoms with Crippen LogP contribution in [0.15, 0.2) is 41.8 Å². The summed E-state index contributed by atoms with van der Waals surface area (Å²) in [5, 5.41) is 8.66. The second-order valence-electron chi connectivity index (χ2n) is 5.55. The number of benzene rings is 1. The lowest BCUT2D eigenvalue weighted by molar-refractivity contribution is -0.676. The Balaban J connectivity index is 2.08. The zero-order valence-electron chi connectivity index (χ0n) is 14.0. The van der Waals surface area contributed by atoms with Gasteiger partial charge in [0.15, 0.2) is 6.54 Å². The molecular weight excluding hydrogens is 322 g/mol. The van der Waals surface area contributed by atoms with Crippen LogP contribution in [0.25, 0.3) is 0 Å². The van der Waals surface area contributed by atoms with Crippen LogP contribution in [0, 0.1) is 0 Å². The van der Waals surface area contributed by atoms with Crippen LogP contribution in [0.1, 0.15) is 35.4 Å². The second kappa shape index (κ2) is 9.20. The summed E-state index contributed by atoms with van der Waals surface area (Å²) >= 11 is 1.67. The van der Waals surface area contributed by atoms with Gasteiger partial charge in [-0.15, -0.1) is 11.3 Å². The first-order valence-corrected chi connectivity index (χ1v) is 8.99. The molecule has 6 heteroatoms. The number of carbonyl (C=O) groups excluding carboxylic acids is 2.